The van der Waals surface area contributed by atoms with Crippen molar-refractivity contribution in [1.29, 1.82) is 0 Å². The first-order chi connectivity index (χ1) is 7.27. The van der Waals surface area contributed by atoms with Crippen LogP contribution in [0.2, 0.25) is 0 Å². The van der Waals surface area contributed by atoms with Crippen molar-refractivity contribution < 1.29 is 14.2 Å². The Morgan fingerprint density at radius 1 is 1.20 bits per heavy atom. The number of hydrogen-bond donors (Lipinski definition) is 1. The average Bonchev–Trinajstić information content (AvgIpc) is 2.25. The summed E-state index contributed by atoms with van der Waals surface area (Å²) in [5.74, 6) is 0.793. The van der Waals surface area contributed by atoms with Gasteiger partial charge in [0.25, 0.3) is 0 Å². The van der Waals surface area contributed by atoms with Crippen LogP contribution < -0.4 is 10.5 Å². The Balaban J connectivity index is 2.54. The summed E-state index contributed by atoms with van der Waals surface area (Å²) >= 11 is 0. The minimum Gasteiger partial charge on any atom is -0.496 e. The van der Waals surface area contributed by atoms with E-state index in [0.29, 0.717) is 25.5 Å². The van der Waals surface area contributed by atoms with Crippen LogP contribution in [-0.4, -0.2) is 27.4 Å². The minimum absolute atomic E-state index is 0.484. The Morgan fingerprint density at radius 3 is 2.67 bits per heavy atom. The fourth-order valence-corrected chi connectivity index (χ4v) is 1.24. The first-order valence-corrected chi connectivity index (χ1v) is 4.77. The number of anilines is 1. The summed E-state index contributed by atoms with van der Waals surface area (Å²) in [6, 6.07) is 5.49. The Hall–Kier alpha value is -1.26. The van der Waals surface area contributed by atoms with Crippen molar-refractivity contribution in [3.63, 3.8) is 0 Å². The van der Waals surface area contributed by atoms with Crippen molar-refractivity contribution in [3.8, 4) is 5.75 Å². The van der Waals surface area contributed by atoms with Crippen molar-refractivity contribution >= 4 is 5.69 Å². The molecular weight excluding hydrogens is 194 g/mol. The molecule has 4 nitrogen and oxygen atoms in total. The molecule has 0 aliphatic carbocycles. The lowest BCUT2D eigenvalue weighted by atomic mass is 10.2. The summed E-state index contributed by atoms with van der Waals surface area (Å²) in [6.45, 7) is 1.64. The highest BCUT2D eigenvalue weighted by atomic mass is 16.5. The summed E-state index contributed by atoms with van der Waals surface area (Å²) in [5, 5.41) is 0. The lowest BCUT2D eigenvalue weighted by Crippen LogP contribution is -2.03. The van der Waals surface area contributed by atoms with Crippen LogP contribution in [0.15, 0.2) is 18.2 Å². The smallest absolute Gasteiger partial charge is 0.124 e. The summed E-state index contributed by atoms with van der Waals surface area (Å²) in [5.41, 5.74) is 7.34. The molecule has 0 saturated heterocycles. The standard InChI is InChI=1S/C11H17NO3/c1-13-5-6-15-8-9-7-10(12)3-4-11(9)14-2/h3-4,7H,5-6,8,12H2,1-2H3. The quantitative estimate of drug-likeness (QED) is 0.571. The van der Waals surface area contributed by atoms with Gasteiger partial charge in [-0.1, -0.05) is 0 Å². The number of hydrogen-bond acceptors (Lipinski definition) is 4. The van der Waals surface area contributed by atoms with Crippen LogP contribution in [0.5, 0.6) is 5.75 Å². The predicted molar refractivity (Wildman–Crippen MR) is 58.9 cm³/mol. The number of rotatable bonds is 6. The van der Waals surface area contributed by atoms with E-state index in [0.717, 1.165) is 11.3 Å². The zero-order valence-corrected chi connectivity index (χ0v) is 9.16. The molecule has 0 saturated carbocycles. The molecule has 4 heteroatoms. The molecule has 0 radical (unpaired) electrons. The number of benzene rings is 1. The Labute approximate surface area is 89.9 Å². The molecule has 0 aliphatic heterocycles. The lowest BCUT2D eigenvalue weighted by molar-refractivity contribution is 0.0608. The van der Waals surface area contributed by atoms with Crippen LogP contribution in [0.3, 0.4) is 0 Å². The molecular formula is C11H17NO3. The fraction of sp³-hybridized carbons (Fsp3) is 0.455. The van der Waals surface area contributed by atoms with E-state index in [2.05, 4.69) is 0 Å². The average molecular weight is 211 g/mol. The third-order valence-corrected chi connectivity index (χ3v) is 1.99. The highest BCUT2D eigenvalue weighted by Gasteiger charge is 2.03. The SMILES string of the molecule is COCCOCc1cc(N)ccc1OC. The molecule has 0 amide bonds. The normalized spacial score (nSPS) is 10.3. The molecule has 1 aromatic carbocycles. The monoisotopic (exact) mass is 211 g/mol. The van der Waals surface area contributed by atoms with E-state index in [9.17, 15) is 0 Å². The van der Waals surface area contributed by atoms with Gasteiger partial charge in [0.1, 0.15) is 5.75 Å². The van der Waals surface area contributed by atoms with Crippen molar-refractivity contribution in [2.45, 2.75) is 6.61 Å². The number of nitrogen functional groups attached to an aromatic ring is 1. The van der Waals surface area contributed by atoms with E-state index < -0.39 is 0 Å². The maximum atomic E-state index is 5.68. The van der Waals surface area contributed by atoms with Gasteiger partial charge in [-0.2, -0.15) is 0 Å². The van der Waals surface area contributed by atoms with E-state index in [1.54, 1.807) is 20.3 Å². The lowest BCUT2D eigenvalue weighted by Gasteiger charge is -2.09. The molecule has 0 atom stereocenters. The highest BCUT2D eigenvalue weighted by Crippen LogP contribution is 2.21. The van der Waals surface area contributed by atoms with E-state index >= 15 is 0 Å². The topological polar surface area (TPSA) is 53.7 Å². The largest absolute Gasteiger partial charge is 0.496 e. The zero-order chi connectivity index (χ0) is 11.1. The molecule has 0 fully saturated rings. The van der Waals surface area contributed by atoms with Crippen molar-refractivity contribution in [2.75, 3.05) is 33.2 Å². The maximum absolute atomic E-state index is 5.68. The van der Waals surface area contributed by atoms with Gasteiger partial charge in [-0.3, -0.25) is 0 Å². The van der Waals surface area contributed by atoms with Gasteiger partial charge in [0.2, 0.25) is 0 Å². The molecule has 1 aromatic rings. The van der Waals surface area contributed by atoms with Crippen LogP contribution in [0.1, 0.15) is 5.56 Å². The van der Waals surface area contributed by atoms with Crippen molar-refractivity contribution in [3.05, 3.63) is 23.8 Å². The summed E-state index contributed by atoms with van der Waals surface area (Å²) in [7, 11) is 3.27. The third-order valence-electron chi connectivity index (χ3n) is 1.99. The van der Waals surface area contributed by atoms with E-state index in [-0.39, 0.29) is 0 Å². The Morgan fingerprint density at radius 2 is 2.00 bits per heavy atom. The second-order valence-electron chi connectivity index (χ2n) is 3.12. The zero-order valence-electron chi connectivity index (χ0n) is 9.16. The first kappa shape index (κ1) is 11.8. The van der Waals surface area contributed by atoms with Gasteiger partial charge >= 0.3 is 0 Å². The van der Waals surface area contributed by atoms with Gasteiger partial charge in [-0.25, -0.2) is 0 Å². The molecule has 15 heavy (non-hydrogen) atoms. The van der Waals surface area contributed by atoms with Gasteiger partial charge in [-0.15, -0.1) is 0 Å². The van der Waals surface area contributed by atoms with E-state index in [1.165, 1.54) is 0 Å². The number of ether oxygens (including phenoxy) is 3. The molecule has 2 N–H and O–H groups in total. The van der Waals surface area contributed by atoms with Crippen LogP contribution in [0.25, 0.3) is 0 Å². The molecule has 1 rings (SSSR count). The number of nitrogens with two attached hydrogens (primary N) is 1. The van der Waals surface area contributed by atoms with Gasteiger partial charge in [0.15, 0.2) is 0 Å². The highest BCUT2D eigenvalue weighted by molar-refractivity contribution is 5.47. The van der Waals surface area contributed by atoms with Crippen LogP contribution in [0.4, 0.5) is 5.69 Å². The number of methoxy groups -OCH3 is 2. The van der Waals surface area contributed by atoms with Crippen LogP contribution >= 0.6 is 0 Å². The van der Waals surface area contributed by atoms with Gasteiger partial charge < -0.3 is 19.9 Å². The van der Waals surface area contributed by atoms with E-state index in [1.807, 2.05) is 12.1 Å². The second kappa shape index (κ2) is 6.27. The molecule has 0 spiro atoms. The van der Waals surface area contributed by atoms with Crippen molar-refractivity contribution in [2.24, 2.45) is 0 Å². The molecule has 0 aromatic heterocycles. The molecule has 0 unspecified atom stereocenters. The summed E-state index contributed by atoms with van der Waals surface area (Å²) in [4.78, 5) is 0. The van der Waals surface area contributed by atoms with E-state index in [4.69, 9.17) is 19.9 Å². The molecule has 0 aliphatic rings. The van der Waals surface area contributed by atoms with Gasteiger partial charge in [0.05, 0.1) is 26.9 Å². The Kier molecular flexibility index (Phi) is 4.93. The maximum Gasteiger partial charge on any atom is 0.124 e. The summed E-state index contributed by atoms with van der Waals surface area (Å²) in [6.07, 6.45) is 0. The van der Waals surface area contributed by atoms with Crippen LogP contribution in [0, 0.1) is 0 Å². The second-order valence-corrected chi connectivity index (χ2v) is 3.12. The minimum atomic E-state index is 0.484. The first-order valence-electron chi connectivity index (χ1n) is 4.77. The molecule has 0 heterocycles. The molecule has 84 valence electrons. The van der Waals surface area contributed by atoms with Gasteiger partial charge in [0, 0.05) is 18.4 Å². The van der Waals surface area contributed by atoms with Gasteiger partial charge in [-0.05, 0) is 18.2 Å². The van der Waals surface area contributed by atoms with Crippen LogP contribution in [-0.2, 0) is 16.1 Å². The predicted octanol–water partition coefficient (Wildman–Crippen LogP) is 1.44. The fourth-order valence-electron chi connectivity index (χ4n) is 1.24. The molecule has 0 bridgehead atoms. The van der Waals surface area contributed by atoms with Crippen molar-refractivity contribution in [1.82, 2.24) is 0 Å². The third kappa shape index (κ3) is 3.77. The summed E-state index contributed by atoms with van der Waals surface area (Å²) < 4.78 is 15.5. The Bertz CT molecular complexity index is 302.